The van der Waals surface area contributed by atoms with Gasteiger partial charge in [-0.05, 0) is 54.6 Å². The van der Waals surface area contributed by atoms with Crippen LogP contribution in [0.15, 0.2) is 89.0 Å². The van der Waals surface area contributed by atoms with Gasteiger partial charge in [0.2, 0.25) is 0 Å². The van der Waals surface area contributed by atoms with Gasteiger partial charge in [-0.25, -0.2) is 4.39 Å². The lowest BCUT2D eigenvalue weighted by molar-refractivity contribution is -0.118. The number of halogens is 1. The minimum Gasteiger partial charge on any atom is -0.506 e. The fourth-order valence-corrected chi connectivity index (χ4v) is 3.47. The second-order valence-electron chi connectivity index (χ2n) is 7.68. The number of allylic oxidation sites excluding steroid dienone is 5. The summed E-state index contributed by atoms with van der Waals surface area (Å²) in [5.41, 5.74) is 6.92. The Balaban J connectivity index is 1.82. The van der Waals surface area contributed by atoms with Gasteiger partial charge in [0.1, 0.15) is 17.3 Å². The van der Waals surface area contributed by atoms with Gasteiger partial charge in [-0.2, -0.15) is 0 Å². The van der Waals surface area contributed by atoms with Crippen molar-refractivity contribution < 1.29 is 23.8 Å². The molecule has 1 aliphatic rings. The molecule has 1 amide bonds. The molecule has 0 saturated carbocycles. The standard InChI is InChI=1S/C26H29FN4O5/c1-35-17-15-30-21(13-14-24(32)22-6-4-8-25(33)31(22)16-18-36-2)5-3-7-23(30)26(34)29-28-20-11-9-19(27)10-12-20/h3-14,28,32H,15-18H2,1-2H3,(H,29,34)/b21-13?,24-14-. The van der Waals surface area contributed by atoms with Crippen LogP contribution in [0.2, 0.25) is 0 Å². The summed E-state index contributed by atoms with van der Waals surface area (Å²) in [6, 6.07) is 10.2. The molecule has 2 heterocycles. The molecular formula is C26H29FN4O5. The van der Waals surface area contributed by atoms with Crippen LogP contribution in [-0.4, -0.2) is 54.5 Å². The number of nitrogens with one attached hydrogen (secondary N) is 2. The minimum atomic E-state index is -0.421. The highest BCUT2D eigenvalue weighted by Gasteiger charge is 2.21. The summed E-state index contributed by atoms with van der Waals surface area (Å²) in [5.74, 6) is -0.916. The van der Waals surface area contributed by atoms with Crippen molar-refractivity contribution in [3.8, 4) is 0 Å². The predicted octanol–water partition coefficient (Wildman–Crippen LogP) is 2.96. The molecular weight excluding hydrogens is 467 g/mol. The molecule has 0 unspecified atom stereocenters. The molecule has 0 spiro atoms. The first-order valence-electron chi connectivity index (χ1n) is 11.2. The van der Waals surface area contributed by atoms with E-state index in [4.69, 9.17) is 9.47 Å². The number of amides is 1. The van der Waals surface area contributed by atoms with E-state index in [2.05, 4.69) is 10.9 Å². The van der Waals surface area contributed by atoms with Crippen LogP contribution in [0.4, 0.5) is 10.1 Å². The zero-order valence-corrected chi connectivity index (χ0v) is 20.1. The van der Waals surface area contributed by atoms with E-state index >= 15 is 0 Å². The minimum absolute atomic E-state index is 0.116. The van der Waals surface area contributed by atoms with E-state index in [1.165, 1.54) is 48.1 Å². The summed E-state index contributed by atoms with van der Waals surface area (Å²) in [5, 5.41) is 10.7. The Morgan fingerprint density at radius 2 is 1.81 bits per heavy atom. The number of nitrogens with zero attached hydrogens (tertiary/aromatic N) is 2. The second kappa shape index (κ2) is 13.1. The number of aliphatic hydroxyl groups is 1. The number of ether oxygens (including phenoxy) is 2. The summed E-state index contributed by atoms with van der Waals surface area (Å²) in [6.07, 6.45) is 8.26. The van der Waals surface area contributed by atoms with Crippen molar-refractivity contribution in [1.29, 1.82) is 0 Å². The molecule has 9 nitrogen and oxygen atoms in total. The maximum atomic E-state index is 13.1. The lowest BCUT2D eigenvalue weighted by Gasteiger charge is -2.29. The summed E-state index contributed by atoms with van der Waals surface area (Å²) < 4.78 is 24.8. The smallest absolute Gasteiger partial charge is 0.286 e. The van der Waals surface area contributed by atoms with Crippen molar-refractivity contribution in [3.63, 3.8) is 0 Å². The molecule has 0 saturated heterocycles. The van der Waals surface area contributed by atoms with Gasteiger partial charge in [0.05, 0.1) is 24.6 Å². The third kappa shape index (κ3) is 6.94. The van der Waals surface area contributed by atoms with Gasteiger partial charge in [0, 0.05) is 39.1 Å². The van der Waals surface area contributed by atoms with Gasteiger partial charge < -0.3 is 24.0 Å². The average Bonchev–Trinajstić information content (AvgIpc) is 2.89. The largest absolute Gasteiger partial charge is 0.506 e. The Labute approximate surface area is 208 Å². The molecule has 1 aromatic carbocycles. The number of rotatable bonds is 11. The SMILES string of the molecule is COCCN1C(=C/C=C(\O)c2cccc(=O)n2CCOC)C=CC=C1C(=O)NNc1ccc(F)cc1. The molecule has 2 aromatic rings. The number of aliphatic hydroxyl groups excluding tert-OH is 1. The number of methoxy groups -OCH3 is 2. The molecule has 0 fully saturated rings. The van der Waals surface area contributed by atoms with E-state index in [9.17, 15) is 19.1 Å². The van der Waals surface area contributed by atoms with Crippen molar-refractivity contribution in [3.05, 3.63) is 106 Å². The second-order valence-corrected chi connectivity index (χ2v) is 7.68. The number of pyridine rings is 1. The number of hydrazine groups is 1. The van der Waals surface area contributed by atoms with Gasteiger partial charge in [0.25, 0.3) is 11.5 Å². The fourth-order valence-electron chi connectivity index (χ4n) is 3.47. The topological polar surface area (TPSA) is 105 Å². The van der Waals surface area contributed by atoms with Gasteiger partial charge >= 0.3 is 0 Å². The molecule has 3 N–H and O–H groups in total. The highest BCUT2D eigenvalue weighted by Crippen LogP contribution is 2.21. The first-order chi connectivity index (χ1) is 17.4. The number of benzene rings is 1. The van der Waals surface area contributed by atoms with Crippen LogP contribution in [0.25, 0.3) is 5.76 Å². The van der Waals surface area contributed by atoms with E-state index < -0.39 is 5.91 Å². The van der Waals surface area contributed by atoms with Crippen molar-refractivity contribution in [2.45, 2.75) is 6.54 Å². The van der Waals surface area contributed by atoms with Crippen LogP contribution in [0, 0.1) is 5.82 Å². The van der Waals surface area contributed by atoms with Crippen molar-refractivity contribution in [1.82, 2.24) is 14.9 Å². The van der Waals surface area contributed by atoms with Crippen LogP contribution in [0.5, 0.6) is 0 Å². The number of carbonyl (C=O) groups excluding carboxylic acids is 1. The van der Waals surface area contributed by atoms with Gasteiger partial charge in [0.15, 0.2) is 0 Å². The van der Waals surface area contributed by atoms with Crippen molar-refractivity contribution in [2.75, 3.05) is 39.4 Å². The van der Waals surface area contributed by atoms with Crippen molar-refractivity contribution in [2.24, 2.45) is 0 Å². The highest BCUT2D eigenvalue weighted by molar-refractivity contribution is 5.94. The molecule has 1 aromatic heterocycles. The molecule has 0 bridgehead atoms. The van der Waals surface area contributed by atoms with E-state index in [0.29, 0.717) is 42.5 Å². The monoisotopic (exact) mass is 496 g/mol. The molecule has 10 heteroatoms. The number of hydrogen-bond donors (Lipinski definition) is 3. The molecule has 0 radical (unpaired) electrons. The number of hydrogen-bond acceptors (Lipinski definition) is 7. The van der Waals surface area contributed by atoms with Crippen LogP contribution in [0.3, 0.4) is 0 Å². The Kier molecular flexibility index (Phi) is 9.61. The van der Waals surface area contributed by atoms with Crippen LogP contribution >= 0.6 is 0 Å². The summed E-state index contributed by atoms with van der Waals surface area (Å²) >= 11 is 0. The lowest BCUT2D eigenvalue weighted by Crippen LogP contribution is -2.39. The fraction of sp³-hybridized carbons (Fsp3) is 0.231. The first-order valence-corrected chi connectivity index (χ1v) is 11.2. The highest BCUT2D eigenvalue weighted by atomic mass is 19.1. The summed E-state index contributed by atoms with van der Waals surface area (Å²) in [4.78, 5) is 26.9. The molecule has 0 atom stereocenters. The van der Waals surface area contributed by atoms with Gasteiger partial charge in [-0.1, -0.05) is 12.1 Å². The lowest BCUT2D eigenvalue weighted by atomic mass is 10.1. The summed E-state index contributed by atoms with van der Waals surface area (Å²) in [6.45, 7) is 1.30. The predicted molar refractivity (Wildman–Crippen MR) is 135 cm³/mol. The third-order valence-corrected chi connectivity index (χ3v) is 5.28. The van der Waals surface area contributed by atoms with Crippen LogP contribution in [-0.2, 0) is 20.8 Å². The van der Waals surface area contributed by atoms with Crippen LogP contribution < -0.4 is 16.4 Å². The van der Waals surface area contributed by atoms with Crippen LogP contribution in [0.1, 0.15) is 5.69 Å². The maximum absolute atomic E-state index is 13.1. The Morgan fingerprint density at radius 3 is 2.53 bits per heavy atom. The van der Waals surface area contributed by atoms with E-state index in [-0.39, 0.29) is 23.7 Å². The maximum Gasteiger partial charge on any atom is 0.286 e. The molecule has 0 aliphatic carbocycles. The normalized spacial score (nSPS) is 14.6. The number of aromatic nitrogens is 1. The molecule has 190 valence electrons. The average molecular weight is 497 g/mol. The Hall–Kier alpha value is -4.15. The Bertz CT molecular complexity index is 1230. The van der Waals surface area contributed by atoms with Gasteiger partial charge in [-0.3, -0.25) is 20.4 Å². The Morgan fingerprint density at radius 1 is 1.08 bits per heavy atom. The van der Waals surface area contributed by atoms with E-state index in [0.717, 1.165) is 0 Å². The quantitative estimate of drug-likeness (QED) is 0.325. The molecule has 1 aliphatic heterocycles. The third-order valence-electron chi connectivity index (χ3n) is 5.28. The number of anilines is 1. The van der Waals surface area contributed by atoms with Crippen molar-refractivity contribution >= 4 is 17.4 Å². The van der Waals surface area contributed by atoms with E-state index in [1.54, 1.807) is 48.4 Å². The zero-order chi connectivity index (χ0) is 25.9. The zero-order valence-electron chi connectivity index (χ0n) is 20.1. The van der Waals surface area contributed by atoms with E-state index in [1.807, 2.05) is 0 Å². The number of carbonyl (C=O) groups is 1. The first kappa shape index (κ1) is 26.5. The molecule has 3 rings (SSSR count). The summed E-state index contributed by atoms with van der Waals surface area (Å²) in [7, 11) is 3.09. The van der Waals surface area contributed by atoms with Gasteiger partial charge in [-0.15, -0.1) is 0 Å². The molecule has 36 heavy (non-hydrogen) atoms.